The molecule has 0 spiro atoms. The molecule has 2 atom stereocenters. The van der Waals surface area contributed by atoms with E-state index in [1.165, 1.54) is 12.0 Å². The Morgan fingerprint density at radius 3 is 2.62 bits per heavy atom. The summed E-state index contributed by atoms with van der Waals surface area (Å²) in [5, 5.41) is 0. The SMILES string of the molecule is CC12CCC(c3c(-c4ccccc4)nc(=O)[nH]c31)C2(C)C. The van der Waals surface area contributed by atoms with Crippen molar-refractivity contribution in [2.24, 2.45) is 5.41 Å². The minimum atomic E-state index is -0.225. The van der Waals surface area contributed by atoms with Crippen LogP contribution in [-0.4, -0.2) is 9.97 Å². The fraction of sp³-hybridized carbons (Fsp3) is 0.444. The Labute approximate surface area is 124 Å². The molecule has 2 aliphatic rings. The number of hydrogen-bond donors (Lipinski definition) is 1. The zero-order valence-electron chi connectivity index (χ0n) is 12.7. The highest BCUT2D eigenvalue weighted by Crippen LogP contribution is 2.67. The summed E-state index contributed by atoms with van der Waals surface area (Å²) in [5.74, 6) is 0.483. The van der Waals surface area contributed by atoms with E-state index in [4.69, 9.17) is 0 Å². The fourth-order valence-electron chi connectivity index (χ4n) is 4.53. The third-order valence-corrected chi connectivity index (χ3v) is 6.14. The van der Waals surface area contributed by atoms with Crippen molar-refractivity contribution >= 4 is 0 Å². The number of fused-ring (bicyclic) bond motifs is 5. The predicted octanol–water partition coefficient (Wildman–Crippen LogP) is 3.61. The van der Waals surface area contributed by atoms with E-state index >= 15 is 0 Å². The third-order valence-electron chi connectivity index (χ3n) is 6.14. The zero-order chi connectivity index (χ0) is 14.8. The highest BCUT2D eigenvalue weighted by atomic mass is 16.1. The number of aromatic nitrogens is 2. The van der Waals surface area contributed by atoms with Gasteiger partial charge >= 0.3 is 5.69 Å². The van der Waals surface area contributed by atoms with Crippen molar-refractivity contribution in [2.45, 2.75) is 44.9 Å². The van der Waals surface area contributed by atoms with Gasteiger partial charge in [-0.05, 0) is 24.2 Å². The number of rotatable bonds is 1. The van der Waals surface area contributed by atoms with Gasteiger partial charge in [0.15, 0.2) is 0 Å². The predicted molar refractivity (Wildman–Crippen MR) is 83.4 cm³/mol. The Kier molecular flexibility index (Phi) is 2.35. The summed E-state index contributed by atoms with van der Waals surface area (Å²) < 4.78 is 0. The summed E-state index contributed by atoms with van der Waals surface area (Å²) in [6.07, 6.45) is 2.33. The summed E-state index contributed by atoms with van der Waals surface area (Å²) in [5.41, 5.74) is 4.34. The lowest BCUT2D eigenvalue weighted by molar-refractivity contribution is 0.227. The standard InChI is InChI=1S/C18H20N2O/c1-17(2)12-9-10-18(17,3)15-13(12)14(19-16(21)20-15)11-7-5-4-6-8-11/h4-8,12H,9-10H2,1-3H3,(H,19,20,21). The van der Waals surface area contributed by atoms with Crippen molar-refractivity contribution in [3.63, 3.8) is 0 Å². The molecule has 2 aliphatic carbocycles. The van der Waals surface area contributed by atoms with E-state index in [-0.39, 0.29) is 16.5 Å². The molecule has 2 bridgehead atoms. The lowest BCUT2D eigenvalue weighted by atomic mass is 9.70. The quantitative estimate of drug-likeness (QED) is 0.867. The van der Waals surface area contributed by atoms with Crippen LogP contribution in [0.3, 0.4) is 0 Å². The Morgan fingerprint density at radius 1 is 1.19 bits per heavy atom. The van der Waals surface area contributed by atoms with Crippen LogP contribution in [0.4, 0.5) is 0 Å². The van der Waals surface area contributed by atoms with Gasteiger partial charge in [-0.3, -0.25) is 0 Å². The molecule has 1 fully saturated rings. The van der Waals surface area contributed by atoms with Gasteiger partial charge in [0.05, 0.1) is 5.69 Å². The highest BCUT2D eigenvalue weighted by molar-refractivity contribution is 5.68. The Balaban J connectivity index is 2.06. The molecular weight excluding hydrogens is 260 g/mol. The summed E-state index contributed by atoms with van der Waals surface area (Å²) in [4.78, 5) is 19.5. The van der Waals surface area contributed by atoms with E-state index in [0.29, 0.717) is 5.92 Å². The van der Waals surface area contributed by atoms with Crippen molar-refractivity contribution in [1.29, 1.82) is 0 Å². The normalized spacial score (nSPS) is 28.6. The molecule has 1 saturated carbocycles. The van der Waals surface area contributed by atoms with E-state index in [0.717, 1.165) is 23.4 Å². The van der Waals surface area contributed by atoms with Gasteiger partial charge in [-0.1, -0.05) is 51.1 Å². The molecule has 0 aliphatic heterocycles. The first-order valence-corrected chi connectivity index (χ1v) is 7.65. The first-order valence-electron chi connectivity index (χ1n) is 7.65. The molecule has 3 heteroatoms. The van der Waals surface area contributed by atoms with Crippen LogP contribution in [0.15, 0.2) is 35.1 Å². The van der Waals surface area contributed by atoms with Crippen LogP contribution in [0.1, 0.15) is 50.8 Å². The van der Waals surface area contributed by atoms with E-state index in [1.807, 2.05) is 30.3 Å². The van der Waals surface area contributed by atoms with Crippen molar-refractivity contribution < 1.29 is 0 Å². The maximum absolute atomic E-state index is 12.1. The van der Waals surface area contributed by atoms with Gasteiger partial charge < -0.3 is 4.98 Å². The smallest absolute Gasteiger partial charge is 0.309 e. The molecule has 21 heavy (non-hydrogen) atoms. The molecule has 0 radical (unpaired) electrons. The zero-order valence-corrected chi connectivity index (χ0v) is 12.7. The second kappa shape index (κ2) is 3.85. The molecule has 3 nitrogen and oxygen atoms in total. The summed E-state index contributed by atoms with van der Waals surface area (Å²) in [7, 11) is 0. The van der Waals surface area contributed by atoms with Gasteiger partial charge in [-0.25, -0.2) is 4.79 Å². The van der Waals surface area contributed by atoms with E-state index in [1.54, 1.807) is 0 Å². The van der Waals surface area contributed by atoms with Crippen LogP contribution in [0.5, 0.6) is 0 Å². The number of nitrogens with one attached hydrogen (secondary N) is 1. The Hall–Kier alpha value is -1.90. The first kappa shape index (κ1) is 12.8. The molecule has 0 saturated heterocycles. The van der Waals surface area contributed by atoms with Gasteiger partial charge in [-0.2, -0.15) is 4.98 Å². The van der Waals surface area contributed by atoms with Crippen LogP contribution in [0.25, 0.3) is 11.3 Å². The number of hydrogen-bond acceptors (Lipinski definition) is 2. The topological polar surface area (TPSA) is 45.8 Å². The molecule has 108 valence electrons. The molecule has 0 amide bonds. The van der Waals surface area contributed by atoms with Crippen LogP contribution in [-0.2, 0) is 5.41 Å². The van der Waals surface area contributed by atoms with Crippen LogP contribution < -0.4 is 5.69 Å². The van der Waals surface area contributed by atoms with Crippen LogP contribution >= 0.6 is 0 Å². The van der Waals surface area contributed by atoms with Gasteiger partial charge in [0, 0.05) is 22.2 Å². The molecule has 2 unspecified atom stereocenters. The Bertz CT molecular complexity index is 776. The van der Waals surface area contributed by atoms with Crippen molar-refractivity contribution in [1.82, 2.24) is 9.97 Å². The molecule has 1 heterocycles. The molecule has 1 aromatic carbocycles. The van der Waals surface area contributed by atoms with Gasteiger partial charge in [0.2, 0.25) is 0 Å². The summed E-state index contributed by atoms with van der Waals surface area (Å²) >= 11 is 0. The second-order valence-electron chi connectivity index (χ2n) is 7.19. The van der Waals surface area contributed by atoms with Crippen molar-refractivity contribution in [3.8, 4) is 11.3 Å². The van der Waals surface area contributed by atoms with Crippen molar-refractivity contribution in [3.05, 3.63) is 52.1 Å². The maximum Gasteiger partial charge on any atom is 0.345 e. The van der Waals surface area contributed by atoms with E-state index in [2.05, 4.69) is 30.7 Å². The Morgan fingerprint density at radius 2 is 1.90 bits per heavy atom. The number of aromatic amines is 1. The second-order valence-corrected chi connectivity index (χ2v) is 7.19. The minimum absolute atomic E-state index is 0.0542. The minimum Gasteiger partial charge on any atom is -0.309 e. The maximum atomic E-state index is 12.1. The summed E-state index contributed by atoms with van der Waals surface area (Å²) in [6, 6.07) is 10.1. The molecular formula is C18H20N2O. The van der Waals surface area contributed by atoms with Gasteiger partial charge in [-0.15, -0.1) is 0 Å². The molecule has 2 aromatic rings. The number of benzene rings is 1. The van der Waals surface area contributed by atoms with Gasteiger partial charge in [0.25, 0.3) is 0 Å². The lowest BCUT2D eigenvalue weighted by Crippen LogP contribution is -2.33. The summed E-state index contributed by atoms with van der Waals surface area (Å²) in [6.45, 7) is 6.96. The lowest BCUT2D eigenvalue weighted by Gasteiger charge is -2.34. The van der Waals surface area contributed by atoms with Gasteiger partial charge in [0.1, 0.15) is 0 Å². The van der Waals surface area contributed by atoms with E-state index < -0.39 is 0 Å². The molecule has 4 rings (SSSR count). The number of H-pyrrole nitrogens is 1. The molecule has 1 N–H and O–H groups in total. The van der Waals surface area contributed by atoms with Crippen LogP contribution in [0.2, 0.25) is 0 Å². The molecule has 1 aromatic heterocycles. The third kappa shape index (κ3) is 1.44. The van der Waals surface area contributed by atoms with Crippen LogP contribution in [0, 0.1) is 5.41 Å². The monoisotopic (exact) mass is 280 g/mol. The largest absolute Gasteiger partial charge is 0.345 e. The fourth-order valence-corrected chi connectivity index (χ4v) is 4.53. The average molecular weight is 280 g/mol. The highest BCUT2D eigenvalue weighted by Gasteiger charge is 2.61. The van der Waals surface area contributed by atoms with E-state index in [9.17, 15) is 4.79 Å². The van der Waals surface area contributed by atoms with Crippen molar-refractivity contribution in [2.75, 3.05) is 0 Å². The number of nitrogens with zero attached hydrogens (tertiary/aromatic N) is 1. The first-order chi connectivity index (χ1) is 9.95. The average Bonchev–Trinajstić information content (AvgIpc) is 2.79.